The second-order valence-electron chi connectivity index (χ2n) is 17.6. The van der Waals surface area contributed by atoms with Crippen LogP contribution in [0.4, 0.5) is 0 Å². The molecule has 0 bridgehead atoms. The molecule has 28 nitrogen and oxygen atoms in total. The summed E-state index contributed by atoms with van der Waals surface area (Å²) in [6, 6.07) is -11.1. The standard InChI is InChI=1S/C45H79N15O13S2/c1-24(37(64)50-21-34(62)53-25(2)38(65)55-26(3)45(72)73)54-40(67)32(14-18-75-6)58-43(70)33(19-28-20-49-23-52-28)59-41(68)30(12-8-10-16-47)57-42(69)31(13-17-74-5)56-35(63)22-51-44(71)36(27(4)61)60-39(66)29(48)11-7-9-15-46/h20,23-27,29-33,36,61H,7-19,21-22,46-48H2,1-6H3,(H,49,52)(H,50,64)(H,51,71)(H,53,62)(H,54,67)(H,55,65)(H,56,63)(H,57,69)(H,58,70)(H,59,68)(H,60,66)(H,72,73)/t24-,25-,26-,27+,29-,30-,31-,32-,33-,36-/m0/s1. The number of nitrogens with one attached hydrogen (secondary N) is 11. The first-order chi connectivity index (χ1) is 35.5. The van der Waals surface area contributed by atoms with Crippen molar-refractivity contribution in [1.29, 1.82) is 0 Å². The van der Waals surface area contributed by atoms with E-state index < -0.39 is 139 Å². The van der Waals surface area contributed by atoms with Gasteiger partial charge >= 0.3 is 5.97 Å². The summed E-state index contributed by atoms with van der Waals surface area (Å²) in [4.78, 5) is 150. The third-order valence-corrected chi connectivity index (χ3v) is 12.5. The highest BCUT2D eigenvalue weighted by Crippen LogP contribution is 2.09. The molecular formula is C45H79N15O13S2. The SMILES string of the molecule is CSCC[C@H](NC(=O)CNC(=O)[C@@H](NC(=O)[C@@H](N)CCCCN)[C@@H](C)O)C(=O)N[C@@H](CCCCN)C(=O)N[C@@H](Cc1cnc[nH]1)C(=O)N[C@@H](CCSC)C(=O)N[C@@H](C)C(=O)NCC(=O)N[C@@H](C)C(=O)N[C@@H](C)C(=O)O. The molecule has 0 saturated carbocycles. The number of aromatic nitrogens is 2. The summed E-state index contributed by atoms with van der Waals surface area (Å²) in [5.74, 6) is -8.40. The normalized spacial score (nSPS) is 15.0. The zero-order chi connectivity index (χ0) is 56.6. The van der Waals surface area contributed by atoms with E-state index in [-0.39, 0.29) is 32.2 Å². The lowest BCUT2D eigenvalue weighted by Gasteiger charge is -2.27. The Morgan fingerprint density at radius 2 is 1.03 bits per heavy atom. The van der Waals surface area contributed by atoms with Crippen LogP contribution in [0.2, 0.25) is 0 Å². The van der Waals surface area contributed by atoms with Crippen LogP contribution in [-0.2, 0) is 59.2 Å². The van der Waals surface area contributed by atoms with E-state index in [9.17, 15) is 57.8 Å². The first-order valence-electron chi connectivity index (χ1n) is 24.5. The number of unbranched alkanes of at least 4 members (excludes halogenated alkanes) is 2. The zero-order valence-electron chi connectivity index (χ0n) is 43.4. The number of carbonyl (C=O) groups excluding carboxylic acids is 10. The highest BCUT2D eigenvalue weighted by atomic mass is 32.2. The number of imidazole rings is 1. The lowest BCUT2D eigenvalue weighted by molar-refractivity contribution is -0.141. The van der Waals surface area contributed by atoms with E-state index in [2.05, 4.69) is 63.1 Å². The first kappa shape index (κ1) is 66.9. The number of carboxylic acid groups (broad SMARTS) is 1. The molecule has 1 aromatic rings. The highest BCUT2D eigenvalue weighted by molar-refractivity contribution is 7.98. The van der Waals surface area contributed by atoms with E-state index in [1.165, 1.54) is 63.7 Å². The number of rotatable bonds is 38. The molecule has 0 unspecified atom stereocenters. The first-order valence-corrected chi connectivity index (χ1v) is 27.3. The number of aliphatic hydroxyl groups is 1. The van der Waals surface area contributed by atoms with Crippen LogP contribution in [-0.4, -0.2) is 196 Å². The average Bonchev–Trinajstić information content (AvgIpc) is 3.88. The monoisotopic (exact) mass is 1100 g/mol. The van der Waals surface area contributed by atoms with Gasteiger partial charge in [-0.3, -0.25) is 52.7 Å². The van der Waals surface area contributed by atoms with Gasteiger partial charge < -0.3 is 85.6 Å². The van der Waals surface area contributed by atoms with E-state index in [1.54, 1.807) is 12.5 Å². The number of nitrogens with two attached hydrogens (primary N) is 3. The predicted molar refractivity (Wildman–Crippen MR) is 280 cm³/mol. The lowest BCUT2D eigenvalue weighted by atomic mass is 10.0. The number of hydrogen-bond donors (Lipinski definition) is 16. The van der Waals surface area contributed by atoms with Crippen molar-refractivity contribution >= 4 is 88.6 Å². The molecule has 0 aliphatic carbocycles. The van der Waals surface area contributed by atoms with Gasteiger partial charge in [0.05, 0.1) is 31.6 Å². The maximum absolute atomic E-state index is 14.2. The fraction of sp³-hybridized carbons (Fsp3) is 0.689. The molecule has 0 aliphatic heterocycles. The van der Waals surface area contributed by atoms with Crippen LogP contribution < -0.4 is 70.4 Å². The van der Waals surface area contributed by atoms with E-state index >= 15 is 0 Å². The molecule has 0 radical (unpaired) electrons. The molecule has 0 saturated heterocycles. The van der Waals surface area contributed by atoms with Crippen molar-refractivity contribution in [3.8, 4) is 0 Å². The number of aliphatic carboxylic acids is 1. The van der Waals surface area contributed by atoms with Gasteiger partial charge in [0.1, 0.15) is 48.3 Å². The summed E-state index contributed by atoms with van der Waals surface area (Å²) < 4.78 is 0. The van der Waals surface area contributed by atoms with Crippen molar-refractivity contribution in [2.45, 2.75) is 146 Å². The second-order valence-corrected chi connectivity index (χ2v) is 19.5. The summed E-state index contributed by atoms with van der Waals surface area (Å²) >= 11 is 2.74. The maximum Gasteiger partial charge on any atom is 0.325 e. The number of hydrogen-bond acceptors (Lipinski definition) is 18. The molecule has 10 atom stereocenters. The Balaban J connectivity index is 3.20. The number of carboxylic acids is 1. The minimum atomic E-state index is -1.46. The lowest BCUT2D eigenvalue weighted by Crippen LogP contribution is -2.60. The number of aliphatic hydroxyl groups excluding tert-OH is 1. The van der Waals surface area contributed by atoms with Crippen LogP contribution in [0.15, 0.2) is 12.5 Å². The topological polar surface area (TPSA) is 455 Å². The van der Waals surface area contributed by atoms with Crippen molar-refractivity contribution in [2.24, 2.45) is 17.2 Å². The van der Waals surface area contributed by atoms with Crippen LogP contribution >= 0.6 is 23.5 Å². The van der Waals surface area contributed by atoms with Crippen LogP contribution in [0.5, 0.6) is 0 Å². The number of carbonyl (C=O) groups is 11. The third kappa shape index (κ3) is 26.8. The van der Waals surface area contributed by atoms with E-state index in [0.29, 0.717) is 55.8 Å². The summed E-state index contributed by atoms with van der Waals surface area (Å²) in [6.45, 7) is 4.58. The molecule has 0 fully saturated rings. The van der Waals surface area contributed by atoms with E-state index in [1.807, 2.05) is 0 Å². The van der Waals surface area contributed by atoms with Crippen LogP contribution in [0.1, 0.15) is 84.8 Å². The molecule has 424 valence electrons. The summed E-state index contributed by atoms with van der Waals surface area (Å²) in [5, 5.41) is 44.0. The Bertz CT molecular complexity index is 2020. The van der Waals surface area contributed by atoms with Gasteiger partial charge in [-0.15, -0.1) is 0 Å². The number of amides is 10. The summed E-state index contributed by atoms with van der Waals surface area (Å²) in [7, 11) is 0. The van der Waals surface area contributed by atoms with Crippen LogP contribution in [0, 0.1) is 0 Å². The van der Waals surface area contributed by atoms with Crippen molar-refractivity contribution in [1.82, 2.24) is 63.1 Å². The summed E-state index contributed by atoms with van der Waals surface area (Å²) in [6.07, 6.45) is 7.33. The number of aromatic amines is 1. The van der Waals surface area contributed by atoms with Gasteiger partial charge in [0, 0.05) is 18.3 Å². The molecule has 0 aromatic carbocycles. The van der Waals surface area contributed by atoms with E-state index in [4.69, 9.17) is 22.3 Å². The van der Waals surface area contributed by atoms with Crippen molar-refractivity contribution in [3.63, 3.8) is 0 Å². The van der Waals surface area contributed by atoms with Gasteiger partial charge in [0.15, 0.2) is 0 Å². The fourth-order valence-electron chi connectivity index (χ4n) is 6.70. The van der Waals surface area contributed by atoms with Crippen LogP contribution in [0.3, 0.4) is 0 Å². The second kappa shape index (κ2) is 36.8. The van der Waals surface area contributed by atoms with Crippen molar-refractivity contribution < 1.29 is 63.0 Å². The molecule has 0 aliphatic rings. The Morgan fingerprint density at radius 1 is 0.560 bits per heavy atom. The minimum absolute atomic E-state index is 0.0519. The molecular weight excluding hydrogens is 1020 g/mol. The van der Waals surface area contributed by atoms with Gasteiger partial charge in [0.25, 0.3) is 0 Å². The molecule has 1 aromatic heterocycles. The number of nitrogens with zero attached hydrogens (tertiary/aromatic N) is 1. The molecule has 30 heteroatoms. The van der Waals surface area contributed by atoms with Gasteiger partial charge in [-0.05, 0) is 110 Å². The maximum atomic E-state index is 14.2. The fourth-order valence-corrected chi connectivity index (χ4v) is 7.64. The van der Waals surface area contributed by atoms with Gasteiger partial charge in [-0.25, -0.2) is 4.98 Å². The Hall–Kier alpha value is -6.08. The molecule has 1 heterocycles. The Kier molecular flexibility index (Phi) is 32.8. The molecule has 0 spiro atoms. The van der Waals surface area contributed by atoms with Crippen LogP contribution in [0.25, 0.3) is 0 Å². The smallest absolute Gasteiger partial charge is 0.325 e. The molecule has 10 amide bonds. The van der Waals surface area contributed by atoms with Crippen molar-refractivity contribution in [2.75, 3.05) is 50.2 Å². The minimum Gasteiger partial charge on any atom is -0.480 e. The molecule has 19 N–H and O–H groups in total. The summed E-state index contributed by atoms with van der Waals surface area (Å²) in [5.41, 5.74) is 17.6. The largest absolute Gasteiger partial charge is 0.480 e. The number of H-pyrrole nitrogens is 1. The van der Waals surface area contributed by atoms with E-state index in [0.717, 1.165) is 0 Å². The Labute approximate surface area is 444 Å². The third-order valence-electron chi connectivity index (χ3n) is 11.2. The molecule has 1 rings (SSSR count). The highest BCUT2D eigenvalue weighted by Gasteiger charge is 2.33. The average molecular weight is 1100 g/mol. The quantitative estimate of drug-likeness (QED) is 0.0275. The Morgan fingerprint density at radius 3 is 1.55 bits per heavy atom. The van der Waals surface area contributed by atoms with Crippen molar-refractivity contribution in [3.05, 3.63) is 18.2 Å². The number of thioether (sulfide) groups is 2. The van der Waals surface area contributed by atoms with Gasteiger partial charge in [-0.1, -0.05) is 6.42 Å². The predicted octanol–water partition coefficient (Wildman–Crippen LogP) is -5.32. The van der Waals surface area contributed by atoms with Gasteiger partial charge in [-0.2, -0.15) is 23.5 Å². The van der Waals surface area contributed by atoms with Gasteiger partial charge in [0.2, 0.25) is 59.1 Å². The molecule has 75 heavy (non-hydrogen) atoms. The zero-order valence-corrected chi connectivity index (χ0v) is 45.0.